The van der Waals surface area contributed by atoms with Gasteiger partial charge >= 0.3 is 0 Å². The molecule has 0 saturated heterocycles. The van der Waals surface area contributed by atoms with Crippen molar-refractivity contribution in [1.29, 1.82) is 0 Å². The van der Waals surface area contributed by atoms with E-state index in [4.69, 9.17) is 22.3 Å². The van der Waals surface area contributed by atoms with Crippen LogP contribution >= 0.6 is 23.5 Å². The highest BCUT2D eigenvalue weighted by atomic mass is 35.5. The van der Waals surface area contributed by atoms with Crippen LogP contribution in [0.3, 0.4) is 0 Å². The second-order valence-electron chi connectivity index (χ2n) is 10.9. The Balaban J connectivity index is 1.15. The standard InChI is InChI=1S/C30H33ClFN5S/c1-2-17-9-19(18-7-8-27(26(32)15-18)37-38-28-6-4-3-5-25(28)31)10-22-16-34-30(36-29(17)22)35-24-13-20-11-23(33)12-21(20)14-24/h3-9,15-16,19-21,23-24,37H,2,10-14,33H2,1H3,(H,34,35,36). The molecule has 3 unspecified atom stereocenters. The number of nitrogens with two attached hydrogens (primary N) is 1. The van der Waals surface area contributed by atoms with Crippen molar-refractivity contribution in [1.82, 2.24) is 9.97 Å². The molecule has 6 rings (SSSR count). The summed E-state index contributed by atoms with van der Waals surface area (Å²) in [6.07, 6.45) is 10.4. The molecule has 8 heteroatoms. The summed E-state index contributed by atoms with van der Waals surface area (Å²) >= 11 is 7.53. The molecule has 3 aliphatic carbocycles. The van der Waals surface area contributed by atoms with E-state index in [1.54, 1.807) is 12.1 Å². The van der Waals surface area contributed by atoms with Crippen LogP contribution in [0.4, 0.5) is 16.0 Å². The normalized spacial score (nSPS) is 26.0. The highest BCUT2D eigenvalue weighted by molar-refractivity contribution is 8.00. The zero-order valence-corrected chi connectivity index (χ0v) is 23.0. The number of allylic oxidation sites excluding steroid dienone is 2. The predicted molar refractivity (Wildman–Crippen MR) is 155 cm³/mol. The molecular formula is C30H33ClFN5S. The minimum Gasteiger partial charge on any atom is -0.351 e. The van der Waals surface area contributed by atoms with Crippen molar-refractivity contribution in [2.45, 2.75) is 68.3 Å². The van der Waals surface area contributed by atoms with E-state index in [1.807, 2.05) is 36.5 Å². The molecule has 0 amide bonds. The number of anilines is 2. The molecule has 2 aromatic carbocycles. The van der Waals surface area contributed by atoms with Crippen molar-refractivity contribution >= 4 is 40.8 Å². The number of aromatic nitrogens is 2. The van der Waals surface area contributed by atoms with Crippen LogP contribution in [0.1, 0.15) is 61.8 Å². The van der Waals surface area contributed by atoms with Gasteiger partial charge in [0.15, 0.2) is 0 Å². The Bertz CT molecular complexity index is 1350. The molecule has 3 aromatic rings. The van der Waals surface area contributed by atoms with E-state index in [0.717, 1.165) is 72.1 Å². The van der Waals surface area contributed by atoms with Crippen LogP contribution < -0.4 is 15.8 Å². The Morgan fingerprint density at radius 2 is 1.89 bits per heavy atom. The molecule has 0 bridgehead atoms. The summed E-state index contributed by atoms with van der Waals surface area (Å²) in [5.41, 5.74) is 10.9. The van der Waals surface area contributed by atoms with Gasteiger partial charge in [0.05, 0.1) is 16.4 Å². The summed E-state index contributed by atoms with van der Waals surface area (Å²) in [6.45, 7) is 2.15. The second-order valence-corrected chi connectivity index (χ2v) is 12.1. The SMILES string of the molecule is CCC1=CC(c2ccc(NSc3ccccc3Cl)c(F)c2)Cc2cnc(NC3CC4CC(N)CC4C3)nc21. The smallest absolute Gasteiger partial charge is 0.223 e. The fraction of sp³-hybridized carbons (Fsp3) is 0.400. The van der Waals surface area contributed by atoms with Gasteiger partial charge in [-0.15, -0.1) is 0 Å². The Labute approximate surface area is 233 Å². The number of benzene rings is 2. The van der Waals surface area contributed by atoms with E-state index >= 15 is 4.39 Å². The van der Waals surface area contributed by atoms with Gasteiger partial charge < -0.3 is 15.8 Å². The van der Waals surface area contributed by atoms with E-state index in [2.05, 4.69) is 28.0 Å². The molecule has 4 N–H and O–H groups in total. The maximum atomic E-state index is 15.1. The maximum absolute atomic E-state index is 15.1. The minimum absolute atomic E-state index is 0.0815. The van der Waals surface area contributed by atoms with Gasteiger partial charge in [0.25, 0.3) is 0 Å². The van der Waals surface area contributed by atoms with E-state index < -0.39 is 0 Å². The largest absolute Gasteiger partial charge is 0.351 e. The molecule has 5 nitrogen and oxygen atoms in total. The first kappa shape index (κ1) is 25.7. The molecule has 1 heterocycles. The van der Waals surface area contributed by atoms with Crippen molar-refractivity contribution in [2.24, 2.45) is 17.6 Å². The van der Waals surface area contributed by atoms with Gasteiger partial charge in [-0.25, -0.2) is 14.4 Å². The topological polar surface area (TPSA) is 75.9 Å². The number of fused-ring (bicyclic) bond motifs is 2. The number of rotatable bonds is 7. The van der Waals surface area contributed by atoms with Crippen LogP contribution in [-0.4, -0.2) is 22.1 Å². The summed E-state index contributed by atoms with van der Waals surface area (Å²) in [5, 5.41) is 4.24. The highest BCUT2D eigenvalue weighted by Crippen LogP contribution is 2.44. The zero-order chi connectivity index (χ0) is 26.2. The Morgan fingerprint density at radius 3 is 2.63 bits per heavy atom. The molecule has 0 aliphatic heterocycles. The molecule has 198 valence electrons. The fourth-order valence-corrected chi connectivity index (χ4v) is 7.42. The van der Waals surface area contributed by atoms with Crippen molar-refractivity contribution in [3.8, 4) is 0 Å². The maximum Gasteiger partial charge on any atom is 0.223 e. The average Bonchev–Trinajstić information content (AvgIpc) is 3.44. The van der Waals surface area contributed by atoms with Crippen LogP contribution in [0, 0.1) is 17.7 Å². The molecule has 3 aliphatic rings. The zero-order valence-electron chi connectivity index (χ0n) is 21.5. The van der Waals surface area contributed by atoms with Gasteiger partial charge in [0, 0.05) is 29.1 Å². The van der Waals surface area contributed by atoms with E-state index in [9.17, 15) is 0 Å². The molecule has 0 spiro atoms. The summed E-state index contributed by atoms with van der Waals surface area (Å²) < 4.78 is 18.2. The molecule has 3 atom stereocenters. The highest BCUT2D eigenvalue weighted by Gasteiger charge is 2.40. The third-order valence-electron chi connectivity index (χ3n) is 8.31. The van der Waals surface area contributed by atoms with E-state index in [-0.39, 0.29) is 11.7 Å². The average molecular weight is 550 g/mol. The number of hydrogen-bond donors (Lipinski definition) is 3. The van der Waals surface area contributed by atoms with Gasteiger partial charge in [0.1, 0.15) is 5.82 Å². The molecular weight excluding hydrogens is 517 g/mol. The Kier molecular flexibility index (Phi) is 7.34. The lowest BCUT2D eigenvalue weighted by Gasteiger charge is -2.24. The van der Waals surface area contributed by atoms with Crippen LogP contribution in [0.2, 0.25) is 5.02 Å². The first-order valence-electron chi connectivity index (χ1n) is 13.5. The molecule has 1 aromatic heterocycles. The van der Waals surface area contributed by atoms with Crippen molar-refractivity contribution < 1.29 is 4.39 Å². The van der Waals surface area contributed by atoms with Gasteiger partial charge in [-0.05, 0) is 103 Å². The lowest BCUT2D eigenvalue weighted by molar-refractivity contribution is 0.457. The third kappa shape index (κ3) is 5.29. The first-order chi connectivity index (χ1) is 18.5. The molecule has 2 saturated carbocycles. The summed E-state index contributed by atoms with van der Waals surface area (Å²) in [5.74, 6) is 2.00. The fourth-order valence-electron chi connectivity index (χ4n) is 6.47. The quantitative estimate of drug-likeness (QED) is 0.266. The number of hydrogen-bond acceptors (Lipinski definition) is 6. The summed E-state index contributed by atoms with van der Waals surface area (Å²) in [4.78, 5) is 10.5. The van der Waals surface area contributed by atoms with E-state index in [0.29, 0.717) is 28.7 Å². The second kappa shape index (κ2) is 10.9. The van der Waals surface area contributed by atoms with Gasteiger partial charge in [0.2, 0.25) is 5.95 Å². The molecule has 2 fully saturated rings. The van der Waals surface area contributed by atoms with Crippen LogP contribution in [-0.2, 0) is 6.42 Å². The van der Waals surface area contributed by atoms with Gasteiger partial charge in [-0.2, -0.15) is 0 Å². The van der Waals surface area contributed by atoms with Crippen molar-refractivity contribution in [3.63, 3.8) is 0 Å². The van der Waals surface area contributed by atoms with Crippen molar-refractivity contribution in [2.75, 3.05) is 10.0 Å². The lowest BCUT2D eigenvalue weighted by Crippen LogP contribution is -2.22. The predicted octanol–water partition coefficient (Wildman–Crippen LogP) is 7.45. The summed E-state index contributed by atoms with van der Waals surface area (Å²) in [7, 11) is 0. The Hall–Kier alpha value is -2.61. The van der Waals surface area contributed by atoms with Crippen molar-refractivity contribution in [3.05, 3.63) is 82.4 Å². The lowest BCUT2D eigenvalue weighted by atomic mass is 9.83. The minimum atomic E-state index is -0.280. The van der Waals surface area contributed by atoms with Crippen LogP contribution in [0.5, 0.6) is 0 Å². The third-order valence-corrected chi connectivity index (χ3v) is 9.65. The molecule has 38 heavy (non-hydrogen) atoms. The number of nitrogens with zero attached hydrogens (tertiary/aromatic N) is 2. The summed E-state index contributed by atoms with van der Waals surface area (Å²) in [6, 6.07) is 13.7. The number of nitrogens with one attached hydrogen (secondary N) is 2. The van der Waals surface area contributed by atoms with Gasteiger partial charge in [-0.3, -0.25) is 0 Å². The van der Waals surface area contributed by atoms with E-state index in [1.165, 1.54) is 17.5 Å². The van der Waals surface area contributed by atoms with Crippen LogP contribution in [0.25, 0.3) is 5.57 Å². The monoisotopic (exact) mass is 549 g/mol. The first-order valence-corrected chi connectivity index (χ1v) is 14.7. The molecule has 0 radical (unpaired) electrons. The van der Waals surface area contributed by atoms with Crippen LogP contribution in [0.15, 0.2) is 59.6 Å². The Morgan fingerprint density at radius 1 is 1.11 bits per heavy atom. The van der Waals surface area contributed by atoms with Gasteiger partial charge in [-0.1, -0.05) is 42.8 Å². The number of halogens is 2.